The number of nitrogens with one attached hydrogen (secondary N) is 1. The Morgan fingerprint density at radius 3 is 2.14 bits per heavy atom. The molecule has 3 aromatic rings. The highest BCUT2D eigenvalue weighted by molar-refractivity contribution is 7.91. The fourth-order valence-corrected chi connectivity index (χ4v) is 10.7. The number of unbranched alkanes of at least 4 members (excludes halogenated alkanes) is 2. The van der Waals surface area contributed by atoms with E-state index in [4.69, 9.17) is 0 Å². The van der Waals surface area contributed by atoms with E-state index in [2.05, 4.69) is 66.5 Å². The number of aliphatic hydroxyl groups is 1. The van der Waals surface area contributed by atoms with Gasteiger partial charge >= 0.3 is 0 Å². The topological polar surface area (TPSA) is 72.9 Å². The van der Waals surface area contributed by atoms with Gasteiger partial charge in [0.05, 0.1) is 36.4 Å². The molecule has 2 atom stereocenters. The Labute approximate surface area is 301 Å². The maximum absolute atomic E-state index is 14.2. The SMILES string of the molecule is CCCCC1(CCCC)CS(=O)(=O)c2ccc(N(C)C)cc2[C@@H](c2cccc(NCc3ccc(C[N+]45CCN(CC4)CC5)cc3)c2)[C@H]1O.[Cl-]. The van der Waals surface area contributed by atoms with Crippen LogP contribution in [0.3, 0.4) is 0 Å². The molecule has 3 fully saturated rings. The minimum Gasteiger partial charge on any atom is -1.00 e. The van der Waals surface area contributed by atoms with Gasteiger partial charge in [-0.3, -0.25) is 4.90 Å². The molecule has 0 unspecified atom stereocenters. The molecule has 49 heavy (non-hydrogen) atoms. The smallest absolute Gasteiger partial charge is 0.179 e. The number of hydrogen-bond acceptors (Lipinski definition) is 6. The first-order valence-electron chi connectivity index (χ1n) is 18.3. The highest BCUT2D eigenvalue weighted by atomic mass is 35.5. The summed E-state index contributed by atoms with van der Waals surface area (Å²) in [6.07, 6.45) is 4.26. The largest absolute Gasteiger partial charge is 1.00 e. The molecule has 4 heterocycles. The van der Waals surface area contributed by atoms with E-state index in [1.807, 2.05) is 37.2 Å². The third-order valence-electron chi connectivity index (χ3n) is 11.6. The summed E-state index contributed by atoms with van der Waals surface area (Å²) in [4.78, 5) is 4.96. The number of halogens is 1. The highest BCUT2D eigenvalue weighted by Crippen LogP contribution is 2.50. The van der Waals surface area contributed by atoms with E-state index in [9.17, 15) is 13.5 Å². The molecule has 0 amide bonds. The molecule has 4 aliphatic rings. The maximum atomic E-state index is 14.2. The van der Waals surface area contributed by atoms with E-state index in [0.717, 1.165) is 49.2 Å². The average Bonchev–Trinajstić information content (AvgIpc) is 3.16. The summed E-state index contributed by atoms with van der Waals surface area (Å²) in [7, 11) is 0.310. The molecule has 7 nitrogen and oxygen atoms in total. The Balaban J connectivity index is 0.00000468. The third-order valence-corrected chi connectivity index (χ3v) is 13.6. The Bertz CT molecular complexity index is 1630. The first-order chi connectivity index (χ1) is 23.1. The molecular formula is C40H57ClN4O3S. The lowest BCUT2D eigenvalue weighted by molar-refractivity contribution is -0.953. The fraction of sp³-hybridized carbons (Fsp3) is 0.550. The number of aliphatic hydroxyl groups excluding tert-OH is 1. The van der Waals surface area contributed by atoms with E-state index < -0.39 is 27.3 Å². The van der Waals surface area contributed by atoms with Crippen LogP contribution in [0.4, 0.5) is 11.4 Å². The molecule has 0 aliphatic carbocycles. The van der Waals surface area contributed by atoms with Gasteiger partial charge in [-0.15, -0.1) is 0 Å². The Kier molecular flexibility index (Phi) is 12.1. The van der Waals surface area contributed by atoms with Crippen molar-refractivity contribution >= 4 is 21.2 Å². The van der Waals surface area contributed by atoms with Crippen molar-refractivity contribution in [3.8, 4) is 0 Å². The average molecular weight is 709 g/mol. The second-order valence-electron chi connectivity index (χ2n) is 15.2. The lowest BCUT2D eigenvalue weighted by atomic mass is 9.68. The summed E-state index contributed by atoms with van der Waals surface area (Å²) >= 11 is 0. The van der Waals surface area contributed by atoms with Gasteiger partial charge in [-0.2, -0.15) is 0 Å². The van der Waals surface area contributed by atoms with Crippen molar-refractivity contribution < 1.29 is 30.4 Å². The molecule has 2 N–H and O–H groups in total. The van der Waals surface area contributed by atoms with Gasteiger partial charge in [0.15, 0.2) is 9.84 Å². The van der Waals surface area contributed by atoms with Crippen LogP contribution in [-0.2, 0) is 22.9 Å². The van der Waals surface area contributed by atoms with Crippen molar-refractivity contribution in [2.45, 2.75) is 82.4 Å². The van der Waals surface area contributed by atoms with Crippen LogP contribution < -0.4 is 22.6 Å². The van der Waals surface area contributed by atoms with Gasteiger partial charge in [-0.05, 0) is 59.9 Å². The molecule has 0 spiro atoms. The van der Waals surface area contributed by atoms with E-state index in [0.29, 0.717) is 29.8 Å². The fourth-order valence-electron chi connectivity index (χ4n) is 8.55. The standard InChI is InChI=1S/C40H57N4O3S.ClH/c1-5-7-18-40(19-8-6-2)30-48(46,47)37-17-16-35(42(3)4)27-36(37)38(39(40)45)33-10-9-11-34(26-33)41-28-31-12-14-32(15-13-31)29-44-23-20-43(21-24-44)22-25-44;/h9-17,26-27,38-39,41,45H,5-8,18-25,28-30H2,1-4H3;1H/q+1;/p-1/t38-,39-;/m1./s1. The molecule has 268 valence electrons. The van der Waals surface area contributed by atoms with Gasteiger partial charge < -0.3 is 32.2 Å². The van der Waals surface area contributed by atoms with Gasteiger partial charge in [-0.1, -0.05) is 75.9 Å². The zero-order valence-corrected chi connectivity index (χ0v) is 31.6. The number of fused-ring (bicyclic) bond motifs is 4. The van der Waals surface area contributed by atoms with Crippen molar-refractivity contribution in [1.82, 2.24) is 4.90 Å². The van der Waals surface area contributed by atoms with Crippen molar-refractivity contribution in [3.05, 3.63) is 89.0 Å². The lowest BCUT2D eigenvalue weighted by Gasteiger charge is -2.50. The van der Waals surface area contributed by atoms with Crippen LogP contribution in [0.5, 0.6) is 0 Å². The first kappa shape index (κ1) is 37.6. The number of piperazine rings is 3. The number of hydrogen-bond donors (Lipinski definition) is 2. The van der Waals surface area contributed by atoms with Gasteiger partial charge in [0.2, 0.25) is 0 Å². The summed E-state index contributed by atoms with van der Waals surface area (Å²) in [6, 6.07) is 23.1. The molecule has 0 saturated carbocycles. The van der Waals surface area contributed by atoms with Gasteiger partial charge in [0.1, 0.15) is 6.54 Å². The highest BCUT2D eigenvalue weighted by Gasteiger charge is 2.49. The van der Waals surface area contributed by atoms with Gasteiger partial charge in [0.25, 0.3) is 0 Å². The van der Waals surface area contributed by atoms with E-state index >= 15 is 0 Å². The summed E-state index contributed by atoms with van der Waals surface area (Å²) in [5.41, 5.74) is 5.48. The van der Waals surface area contributed by atoms with Crippen LogP contribution in [0, 0.1) is 5.41 Å². The second-order valence-corrected chi connectivity index (χ2v) is 17.1. The van der Waals surface area contributed by atoms with Crippen LogP contribution >= 0.6 is 0 Å². The van der Waals surface area contributed by atoms with Crippen molar-refractivity contribution in [2.75, 3.05) is 69.3 Å². The Morgan fingerprint density at radius 2 is 1.53 bits per heavy atom. The maximum Gasteiger partial charge on any atom is 0.179 e. The molecule has 9 heteroatoms. The van der Waals surface area contributed by atoms with Crippen LogP contribution in [0.2, 0.25) is 0 Å². The minimum atomic E-state index is -3.63. The normalized spacial score (nSPS) is 25.1. The quantitative estimate of drug-likeness (QED) is 0.265. The van der Waals surface area contributed by atoms with Crippen molar-refractivity contribution in [3.63, 3.8) is 0 Å². The molecule has 7 rings (SSSR count). The van der Waals surface area contributed by atoms with E-state index in [1.165, 1.54) is 54.9 Å². The number of benzene rings is 3. The summed E-state index contributed by atoms with van der Waals surface area (Å²) in [5.74, 6) is -0.477. The molecule has 3 saturated heterocycles. The zero-order valence-electron chi connectivity index (χ0n) is 30.0. The Hall–Kier alpha value is -2.62. The number of sulfone groups is 1. The van der Waals surface area contributed by atoms with Gasteiger partial charge in [0, 0.05) is 68.5 Å². The third kappa shape index (κ3) is 8.15. The Morgan fingerprint density at radius 1 is 0.898 bits per heavy atom. The molecule has 2 bridgehead atoms. The van der Waals surface area contributed by atoms with Crippen LogP contribution in [0.15, 0.2) is 71.6 Å². The number of anilines is 2. The zero-order chi connectivity index (χ0) is 33.9. The monoisotopic (exact) mass is 708 g/mol. The lowest BCUT2D eigenvalue weighted by Crippen LogP contribution is -3.00. The number of nitrogens with zero attached hydrogens (tertiary/aromatic N) is 3. The van der Waals surface area contributed by atoms with Gasteiger partial charge in [-0.25, -0.2) is 8.42 Å². The minimum absolute atomic E-state index is 0. The predicted octanol–water partition coefficient (Wildman–Crippen LogP) is 3.66. The first-order valence-corrected chi connectivity index (χ1v) is 19.9. The van der Waals surface area contributed by atoms with Crippen molar-refractivity contribution in [2.24, 2.45) is 5.41 Å². The molecule has 4 aliphatic heterocycles. The molecular weight excluding hydrogens is 652 g/mol. The summed E-state index contributed by atoms with van der Waals surface area (Å²) in [5, 5.41) is 16.2. The number of rotatable bonds is 13. The van der Waals surface area contributed by atoms with Crippen LogP contribution in [-0.4, -0.2) is 88.1 Å². The predicted molar refractivity (Wildman–Crippen MR) is 197 cm³/mol. The summed E-state index contributed by atoms with van der Waals surface area (Å²) < 4.78 is 29.6. The molecule has 3 aromatic carbocycles. The summed E-state index contributed by atoms with van der Waals surface area (Å²) in [6.45, 7) is 13.6. The van der Waals surface area contributed by atoms with Crippen LogP contribution in [0.25, 0.3) is 0 Å². The molecule has 0 aromatic heterocycles. The number of quaternary nitrogens is 1. The second kappa shape index (κ2) is 15.7. The van der Waals surface area contributed by atoms with E-state index in [1.54, 1.807) is 6.07 Å². The van der Waals surface area contributed by atoms with E-state index in [-0.39, 0.29) is 18.2 Å². The van der Waals surface area contributed by atoms with Crippen LogP contribution in [0.1, 0.15) is 80.5 Å². The molecule has 0 radical (unpaired) electrons. The van der Waals surface area contributed by atoms with Crippen molar-refractivity contribution in [1.29, 1.82) is 0 Å².